The second kappa shape index (κ2) is 11.6. The topological polar surface area (TPSA) is 66.0 Å². The Labute approximate surface area is 167 Å². The molecule has 2 rings (SSSR count). The van der Waals surface area contributed by atoms with Gasteiger partial charge in [0.15, 0.2) is 5.96 Å². The van der Waals surface area contributed by atoms with Crippen LogP contribution in [0.25, 0.3) is 0 Å². The Bertz CT molecular complexity index is 760. The fourth-order valence-corrected chi connectivity index (χ4v) is 2.53. The van der Waals surface area contributed by atoms with E-state index in [4.69, 9.17) is 4.74 Å². The van der Waals surface area contributed by atoms with Gasteiger partial charge in [-0.3, -0.25) is 4.79 Å². The summed E-state index contributed by atoms with van der Waals surface area (Å²) >= 11 is 0. The normalized spacial score (nSPS) is 11.0. The standard InChI is InChI=1S/C22H30N4O2/c1-4-28-20-12-8-11-18(15-20)13-14-23-22(25-17-21(27)26(2)3)24-16-19-9-6-5-7-10-19/h5-12,15H,4,13-14,16-17H2,1-3H3,(H2,23,24,25). The SMILES string of the molecule is CCOc1cccc(CCNC(=NCc2ccccc2)NCC(=O)N(C)C)c1. The lowest BCUT2D eigenvalue weighted by Crippen LogP contribution is -2.43. The van der Waals surface area contributed by atoms with Crippen LogP contribution in [0.1, 0.15) is 18.1 Å². The first-order chi connectivity index (χ1) is 13.6. The number of hydrogen-bond acceptors (Lipinski definition) is 3. The molecule has 6 nitrogen and oxygen atoms in total. The number of guanidine groups is 1. The van der Waals surface area contributed by atoms with E-state index in [1.54, 1.807) is 19.0 Å². The highest BCUT2D eigenvalue weighted by Crippen LogP contribution is 2.13. The van der Waals surface area contributed by atoms with Crippen molar-refractivity contribution in [1.82, 2.24) is 15.5 Å². The van der Waals surface area contributed by atoms with Crippen LogP contribution in [0.15, 0.2) is 59.6 Å². The van der Waals surface area contributed by atoms with Crippen molar-refractivity contribution in [2.75, 3.05) is 33.8 Å². The first-order valence-electron chi connectivity index (χ1n) is 9.56. The lowest BCUT2D eigenvalue weighted by Gasteiger charge is -2.15. The summed E-state index contributed by atoms with van der Waals surface area (Å²) in [4.78, 5) is 18.0. The second-order valence-corrected chi connectivity index (χ2v) is 6.55. The first-order valence-corrected chi connectivity index (χ1v) is 9.56. The zero-order valence-corrected chi connectivity index (χ0v) is 16.9. The highest BCUT2D eigenvalue weighted by atomic mass is 16.5. The van der Waals surface area contributed by atoms with Crippen molar-refractivity contribution in [3.8, 4) is 5.75 Å². The summed E-state index contributed by atoms with van der Waals surface area (Å²) in [6.07, 6.45) is 0.828. The molecule has 0 aliphatic carbocycles. The van der Waals surface area contributed by atoms with Crippen molar-refractivity contribution in [3.05, 3.63) is 65.7 Å². The molecule has 0 saturated carbocycles. The fourth-order valence-electron chi connectivity index (χ4n) is 2.53. The molecule has 28 heavy (non-hydrogen) atoms. The number of ether oxygens (including phenoxy) is 1. The molecular weight excluding hydrogens is 352 g/mol. The largest absolute Gasteiger partial charge is 0.494 e. The quantitative estimate of drug-likeness (QED) is 0.516. The molecule has 0 spiro atoms. The van der Waals surface area contributed by atoms with Crippen LogP contribution in [-0.2, 0) is 17.8 Å². The zero-order chi connectivity index (χ0) is 20.2. The van der Waals surface area contributed by atoms with Gasteiger partial charge in [-0.1, -0.05) is 42.5 Å². The van der Waals surface area contributed by atoms with E-state index in [0.717, 1.165) is 17.7 Å². The minimum Gasteiger partial charge on any atom is -0.494 e. The van der Waals surface area contributed by atoms with Crippen LogP contribution in [0.3, 0.4) is 0 Å². The van der Waals surface area contributed by atoms with Gasteiger partial charge in [-0.2, -0.15) is 0 Å². The van der Waals surface area contributed by atoms with Gasteiger partial charge in [-0.25, -0.2) is 4.99 Å². The summed E-state index contributed by atoms with van der Waals surface area (Å²) in [5.74, 6) is 1.51. The summed E-state index contributed by atoms with van der Waals surface area (Å²) in [7, 11) is 3.48. The number of benzene rings is 2. The molecule has 0 fully saturated rings. The van der Waals surface area contributed by atoms with E-state index in [0.29, 0.717) is 25.7 Å². The minimum absolute atomic E-state index is 0.00127. The summed E-state index contributed by atoms with van der Waals surface area (Å²) in [5, 5.41) is 6.42. The summed E-state index contributed by atoms with van der Waals surface area (Å²) in [6.45, 7) is 4.08. The highest BCUT2D eigenvalue weighted by Gasteiger charge is 2.06. The zero-order valence-electron chi connectivity index (χ0n) is 16.9. The van der Waals surface area contributed by atoms with Gasteiger partial charge < -0.3 is 20.3 Å². The monoisotopic (exact) mass is 382 g/mol. The Balaban J connectivity index is 1.94. The molecule has 0 heterocycles. The van der Waals surface area contributed by atoms with Gasteiger partial charge in [0.05, 0.1) is 19.7 Å². The molecule has 0 saturated heterocycles. The smallest absolute Gasteiger partial charge is 0.241 e. The average molecular weight is 383 g/mol. The number of amides is 1. The van der Waals surface area contributed by atoms with Crippen molar-refractivity contribution in [3.63, 3.8) is 0 Å². The number of carbonyl (C=O) groups is 1. The predicted molar refractivity (Wildman–Crippen MR) is 114 cm³/mol. The van der Waals surface area contributed by atoms with Gasteiger partial charge in [-0.05, 0) is 36.6 Å². The molecule has 0 unspecified atom stereocenters. The molecule has 0 aliphatic rings. The minimum atomic E-state index is -0.00127. The second-order valence-electron chi connectivity index (χ2n) is 6.55. The number of nitrogens with zero attached hydrogens (tertiary/aromatic N) is 2. The van der Waals surface area contributed by atoms with Gasteiger partial charge in [0.2, 0.25) is 5.91 Å². The molecule has 2 N–H and O–H groups in total. The van der Waals surface area contributed by atoms with Crippen molar-refractivity contribution < 1.29 is 9.53 Å². The third kappa shape index (κ3) is 7.70. The number of nitrogens with one attached hydrogen (secondary N) is 2. The van der Waals surface area contributed by atoms with Crippen molar-refractivity contribution in [1.29, 1.82) is 0 Å². The van der Waals surface area contributed by atoms with Crippen molar-refractivity contribution >= 4 is 11.9 Å². The van der Waals surface area contributed by atoms with Crippen LogP contribution in [0.2, 0.25) is 0 Å². The summed E-state index contributed by atoms with van der Waals surface area (Å²) in [6, 6.07) is 18.1. The van der Waals surface area contributed by atoms with E-state index in [1.165, 1.54) is 5.56 Å². The van der Waals surface area contributed by atoms with Crippen LogP contribution < -0.4 is 15.4 Å². The molecule has 0 aromatic heterocycles. The van der Waals surface area contributed by atoms with Gasteiger partial charge in [0.25, 0.3) is 0 Å². The van der Waals surface area contributed by atoms with Crippen molar-refractivity contribution in [2.45, 2.75) is 19.9 Å². The molecule has 150 valence electrons. The maximum Gasteiger partial charge on any atom is 0.241 e. The van der Waals surface area contributed by atoms with Gasteiger partial charge in [0, 0.05) is 20.6 Å². The van der Waals surface area contributed by atoms with Crippen LogP contribution >= 0.6 is 0 Å². The van der Waals surface area contributed by atoms with E-state index in [2.05, 4.69) is 27.8 Å². The van der Waals surface area contributed by atoms with E-state index in [9.17, 15) is 4.79 Å². The number of rotatable bonds is 9. The maximum absolute atomic E-state index is 11.9. The summed E-state index contributed by atoms with van der Waals surface area (Å²) < 4.78 is 5.55. The Morgan fingerprint density at radius 1 is 1.04 bits per heavy atom. The third-order valence-electron chi connectivity index (χ3n) is 4.08. The average Bonchev–Trinajstić information content (AvgIpc) is 2.70. The Morgan fingerprint density at radius 2 is 1.79 bits per heavy atom. The summed E-state index contributed by atoms with van der Waals surface area (Å²) in [5.41, 5.74) is 2.30. The molecule has 6 heteroatoms. The maximum atomic E-state index is 11.9. The van der Waals surface area contributed by atoms with Crippen LogP contribution in [0.5, 0.6) is 5.75 Å². The molecule has 0 radical (unpaired) electrons. The molecule has 0 bridgehead atoms. The third-order valence-corrected chi connectivity index (χ3v) is 4.08. The lowest BCUT2D eigenvalue weighted by molar-refractivity contribution is -0.127. The molecule has 0 atom stereocenters. The van der Waals surface area contributed by atoms with Crippen molar-refractivity contribution in [2.24, 2.45) is 4.99 Å². The van der Waals surface area contributed by atoms with Gasteiger partial charge in [0.1, 0.15) is 5.75 Å². The Morgan fingerprint density at radius 3 is 2.50 bits per heavy atom. The van der Waals surface area contributed by atoms with E-state index >= 15 is 0 Å². The van der Waals surface area contributed by atoms with E-state index in [-0.39, 0.29) is 12.5 Å². The van der Waals surface area contributed by atoms with Gasteiger partial charge >= 0.3 is 0 Å². The molecule has 1 amide bonds. The molecule has 2 aromatic carbocycles. The van der Waals surface area contributed by atoms with Crippen LogP contribution in [-0.4, -0.2) is 50.6 Å². The number of hydrogen-bond donors (Lipinski definition) is 2. The van der Waals surface area contributed by atoms with E-state index in [1.807, 2.05) is 49.4 Å². The Kier molecular flexibility index (Phi) is 8.85. The number of carbonyl (C=O) groups excluding carboxylic acids is 1. The fraction of sp³-hybridized carbons (Fsp3) is 0.364. The lowest BCUT2D eigenvalue weighted by atomic mass is 10.1. The molecular formula is C22H30N4O2. The van der Waals surface area contributed by atoms with Crippen LogP contribution in [0.4, 0.5) is 0 Å². The van der Waals surface area contributed by atoms with E-state index < -0.39 is 0 Å². The first kappa shape index (κ1) is 21.3. The molecule has 0 aliphatic heterocycles. The van der Waals surface area contributed by atoms with Crippen LogP contribution in [0, 0.1) is 0 Å². The number of aliphatic imine (C=N–C) groups is 1. The Hall–Kier alpha value is -3.02. The number of likely N-dealkylation sites (N-methyl/N-ethyl adjacent to an activating group) is 1. The van der Waals surface area contributed by atoms with Gasteiger partial charge in [-0.15, -0.1) is 0 Å². The predicted octanol–water partition coefficient (Wildman–Crippen LogP) is 2.45. The molecule has 2 aromatic rings. The highest BCUT2D eigenvalue weighted by molar-refractivity contribution is 5.86.